The second kappa shape index (κ2) is 9.26. The number of nitrogens with one attached hydrogen (secondary N) is 3. The van der Waals surface area contributed by atoms with E-state index in [-0.39, 0.29) is 4.90 Å². The molecule has 34 heavy (non-hydrogen) atoms. The van der Waals surface area contributed by atoms with Crippen molar-refractivity contribution in [2.24, 2.45) is 0 Å². The highest BCUT2D eigenvalue weighted by molar-refractivity contribution is 7.89. The Morgan fingerprint density at radius 1 is 0.971 bits per heavy atom. The molecule has 0 unspecified atom stereocenters. The third-order valence-corrected chi connectivity index (χ3v) is 8.53. The van der Waals surface area contributed by atoms with Gasteiger partial charge in [0.05, 0.1) is 4.90 Å². The van der Waals surface area contributed by atoms with E-state index in [1.165, 1.54) is 22.0 Å². The first kappa shape index (κ1) is 22.7. The lowest BCUT2D eigenvalue weighted by Crippen LogP contribution is -2.46. The van der Waals surface area contributed by atoms with Crippen molar-refractivity contribution in [2.45, 2.75) is 18.7 Å². The van der Waals surface area contributed by atoms with E-state index in [1.807, 2.05) is 6.07 Å². The molecule has 0 radical (unpaired) electrons. The first-order chi connectivity index (χ1) is 16.4. The summed E-state index contributed by atoms with van der Waals surface area (Å²) in [5.41, 5.74) is 4.68. The van der Waals surface area contributed by atoms with Crippen molar-refractivity contribution in [1.82, 2.24) is 24.6 Å². The molecular formula is C23H25N7O2S2. The fourth-order valence-corrected chi connectivity index (χ4v) is 6.15. The van der Waals surface area contributed by atoms with Crippen LogP contribution in [-0.2, 0) is 10.0 Å². The van der Waals surface area contributed by atoms with Gasteiger partial charge < -0.3 is 16.0 Å². The van der Waals surface area contributed by atoms with Gasteiger partial charge in [-0.1, -0.05) is 29.5 Å². The molecule has 4 aromatic rings. The van der Waals surface area contributed by atoms with Crippen LogP contribution < -0.4 is 16.0 Å². The quantitative estimate of drug-likeness (QED) is 0.370. The number of fused-ring (bicyclic) bond motifs is 1. The van der Waals surface area contributed by atoms with E-state index in [2.05, 4.69) is 51.9 Å². The minimum absolute atomic E-state index is 0.279. The van der Waals surface area contributed by atoms with Gasteiger partial charge >= 0.3 is 0 Å². The van der Waals surface area contributed by atoms with Crippen LogP contribution in [0.1, 0.15) is 11.1 Å². The van der Waals surface area contributed by atoms with Crippen LogP contribution in [0.5, 0.6) is 0 Å². The monoisotopic (exact) mass is 495 g/mol. The van der Waals surface area contributed by atoms with Crippen LogP contribution in [0.2, 0.25) is 0 Å². The number of rotatable bonds is 6. The van der Waals surface area contributed by atoms with E-state index in [0.29, 0.717) is 37.5 Å². The molecule has 3 heterocycles. The lowest BCUT2D eigenvalue weighted by Gasteiger charge is -2.26. The minimum atomic E-state index is -3.50. The Morgan fingerprint density at radius 2 is 1.68 bits per heavy atom. The van der Waals surface area contributed by atoms with Crippen LogP contribution in [0.25, 0.3) is 10.3 Å². The summed E-state index contributed by atoms with van der Waals surface area (Å²) in [6.07, 6.45) is 1.49. The number of aromatic nitrogens is 3. The third-order valence-electron chi connectivity index (χ3n) is 5.74. The molecule has 11 heteroatoms. The average Bonchev–Trinajstić information content (AvgIpc) is 3.26. The van der Waals surface area contributed by atoms with Crippen molar-refractivity contribution < 1.29 is 8.42 Å². The number of para-hydroxylation sites is 1. The molecule has 0 bridgehead atoms. The Bertz CT molecular complexity index is 1410. The third kappa shape index (κ3) is 4.47. The maximum Gasteiger partial charge on any atom is 0.243 e. The maximum absolute atomic E-state index is 12.9. The number of hydrogen-bond acceptors (Lipinski definition) is 9. The topological polar surface area (TPSA) is 112 Å². The second-order valence-corrected chi connectivity index (χ2v) is 11.0. The van der Waals surface area contributed by atoms with Crippen molar-refractivity contribution >= 4 is 54.0 Å². The summed E-state index contributed by atoms with van der Waals surface area (Å²) >= 11 is 1.45. The number of hydrogen-bond donors (Lipinski definition) is 3. The highest BCUT2D eigenvalue weighted by Gasteiger charge is 2.25. The van der Waals surface area contributed by atoms with E-state index < -0.39 is 10.0 Å². The molecule has 0 aliphatic carbocycles. The van der Waals surface area contributed by atoms with Crippen molar-refractivity contribution in [3.8, 4) is 0 Å². The van der Waals surface area contributed by atoms with E-state index in [1.54, 1.807) is 24.3 Å². The van der Waals surface area contributed by atoms with Gasteiger partial charge in [-0.15, -0.1) is 0 Å². The van der Waals surface area contributed by atoms with E-state index in [0.717, 1.165) is 32.5 Å². The van der Waals surface area contributed by atoms with Gasteiger partial charge in [0.2, 0.25) is 10.0 Å². The lowest BCUT2D eigenvalue weighted by atomic mass is 10.1. The van der Waals surface area contributed by atoms with Gasteiger partial charge in [0.25, 0.3) is 0 Å². The molecule has 0 spiro atoms. The van der Waals surface area contributed by atoms with E-state index >= 15 is 0 Å². The summed E-state index contributed by atoms with van der Waals surface area (Å²) in [5.74, 6) is 0.563. The fourth-order valence-electron chi connectivity index (χ4n) is 3.90. The van der Waals surface area contributed by atoms with Crippen LogP contribution in [0.15, 0.2) is 53.7 Å². The van der Waals surface area contributed by atoms with E-state index in [9.17, 15) is 8.42 Å². The second-order valence-electron chi connectivity index (χ2n) is 8.09. The Morgan fingerprint density at radius 3 is 2.38 bits per heavy atom. The standard InChI is InChI=1S/C23H25N7O2S2/c1-15-4-3-5-16(2)19(15)28-23-29-20-21(25-14-26-22(20)33-23)27-17-6-8-18(9-7-17)34(31,32)30-12-10-24-11-13-30/h3-9,14,24H,10-13H2,1-2H3,(H,28,29)(H,25,26,27). The predicted molar refractivity (Wildman–Crippen MR) is 136 cm³/mol. The molecule has 2 aromatic heterocycles. The van der Waals surface area contributed by atoms with Gasteiger partial charge in [-0.2, -0.15) is 4.31 Å². The van der Waals surface area contributed by atoms with E-state index in [4.69, 9.17) is 4.98 Å². The van der Waals surface area contributed by atoms with Crippen LogP contribution in [0.4, 0.5) is 22.3 Å². The summed E-state index contributed by atoms with van der Waals surface area (Å²) < 4.78 is 27.3. The van der Waals surface area contributed by atoms with Gasteiger partial charge in [-0.05, 0) is 49.2 Å². The zero-order chi connectivity index (χ0) is 23.7. The summed E-state index contributed by atoms with van der Waals surface area (Å²) in [6, 6.07) is 12.9. The minimum Gasteiger partial charge on any atom is -0.338 e. The van der Waals surface area contributed by atoms with Gasteiger partial charge in [-0.25, -0.2) is 23.4 Å². The molecule has 9 nitrogen and oxygen atoms in total. The molecule has 2 aromatic carbocycles. The summed E-state index contributed by atoms with van der Waals surface area (Å²) in [5, 5.41) is 10.6. The average molecular weight is 496 g/mol. The first-order valence-corrected chi connectivity index (χ1v) is 13.2. The molecule has 5 rings (SSSR count). The van der Waals surface area contributed by atoms with Crippen LogP contribution >= 0.6 is 11.3 Å². The molecule has 1 aliphatic rings. The normalized spacial score (nSPS) is 14.9. The molecule has 1 aliphatic heterocycles. The smallest absolute Gasteiger partial charge is 0.243 e. The Kier molecular flexibility index (Phi) is 6.17. The lowest BCUT2D eigenvalue weighted by molar-refractivity contribution is 0.360. The predicted octanol–water partition coefficient (Wildman–Crippen LogP) is 3.78. The molecule has 176 valence electrons. The molecular weight excluding hydrogens is 470 g/mol. The van der Waals surface area contributed by atoms with Crippen molar-refractivity contribution in [2.75, 3.05) is 36.8 Å². The number of thiazole rings is 1. The summed E-state index contributed by atoms with van der Waals surface area (Å²) in [4.78, 5) is 14.5. The zero-order valence-corrected chi connectivity index (χ0v) is 20.5. The Balaban J connectivity index is 1.38. The van der Waals surface area contributed by atoms with Gasteiger partial charge in [0.15, 0.2) is 15.8 Å². The van der Waals surface area contributed by atoms with Crippen LogP contribution in [0.3, 0.4) is 0 Å². The van der Waals surface area contributed by atoms with Crippen LogP contribution in [0, 0.1) is 13.8 Å². The molecule has 0 saturated carbocycles. The number of anilines is 4. The number of benzene rings is 2. The molecule has 0 amide bonds. The molecule has 0 atom stereocenters. The summed E-state index contributed by atoms with van der Waals surface area (Å²) in [7, 11) is -3.50. The number of piperazine rings is 1. The summed E-state index contributed by atoms with van der Waals surface area (Å²) in [6.45, 7) is 6.39. The molecule has 1 saturated heterocycles. The van der Waals surface area contributed by atoms with Crippen LogP contribution in [-0.4, -0.2) is 53.9 Å². The van der Waals surface area contributed by atoms with Gasteiger partial charge in [0.1, 0.15) is 11.8 Å². The number of aryl methyl sites for hydroxylation is 2. The van der Waals surface area contributed by atoms with Crippen molar-refractivity contribution in [3.05, 3.63) is 59.9 Å². The molecule has 3 N–H and O–H groups in total. The van der Waals surface area contributed by atoms with Gasteiger partial charge in [0, 0.05) is 37.6 Å². The fraction of sp³-hybridized carbons (Fsp3) is 0.261. The highest BCUT2D eigenvalue weighted by atomic mass is 32.2. The Labute approximate surface area is 202 Å². The highest BCUT2D eigenvalue weighted by Crippen LogP contribution is 2.33. The van der Waals surface area contributed by atoms with Gasteiger partial charge in [-0.3, -0.25) is 0 Å². The van der Waals surface area contributed by atoms with Crippen molar-refractivity contribution in [3.63, 3.8) is 0 Å². The Hall–Kier alpha value is -3.12. The largest absolute Gasteiger partial charge is 0.338 e. The first-order valence-electron chi connectivity index (χ1n) is 10.9. The SMILES string of the molecule is Cc1cccc(C)c1Nc1nc2c(Nc3ccc(S(=O)(=O)N4CCNCC4)cc3)ncnc2s1. The van der Waals surface area contributed by atoms with Crippen molar-refractivity contribution in [1.29, 1.82) is 0 Å². The number of nitrogens with zero attached hydrogens (tertiary/aromatic N) is 4. The zero-order valence-electron chi connectivity index (χ0n) is 18.9. The maximum atomic E-state index is 12.9. The number of sulfonamides is 1. The molecule has 1 fully saturated rings.